The molecule has 3 aromatic carbocycles. The van der Waals surface area contributed by atoms with E-state index >= 15 is 0 Å². The summed E-state index contributed by atoms with van der Waals surface area (Å²) in [5.41, 5.74) is 0.769. The van der Waals surface area contributed by atoms with Gasteiger partial charge in [-0.05, 0) is 35.0 Å². The average Bonchev–Trinajstić information content (AvgIpc) is 3.18. The number of amides is 2. The number of anilines is 1. The predicted octanol–water partition coefficient (Wildman–Crippen LogP) is 2.29. The third-order valence-electron chi connectivity index (χ3n) is 5.31. The lowest BCUT2D eigenvalue weighted by Crippen LogP contribution is -2.38. The highest BCUT2D eigenvalue weighted by Gasteiger charge is 2.34. The summed E-state index contributed by atoms with van der Waals surface area (Å²) in [6.45, 7) is 0.517. The van der Waals surface area contributed by atoms with Gasteiger partial charge in [0.1, 0.15) is 0 Å². The van der Waals surface area contributed by atoms with Crippen molar-refractivity contribution in [3.05, 3.63) is 72.8 Å². The zero-order valence-electron chi connectivity index (χ0n) is 16.8. The second-order valence-electron chi connectivity index (χ2n) is 7.44. The molecule has 1 heterocycles. The van der Waals surface area contributed by atoms with E-state index in [1.54, 1.807) is 23.1 Å². The molecule has 31 heavy (non-hydrogen) atoms. The summed E-state index contributed by atoms with van der Waals surface area (Å²) in [7, 11) is -3.69. The number of sulfonamides is 1. The van der Waals surface area contributed by atoms with Gasteiger partial charge < -0.3 is 10.2 Å². The number of carbonyl (C=O) groups is 2. The Bertz CT molecular complexity index is 1210. The first-order valence-electron chi connectivity index (χ1n) is 10.1. The molecule has 8 heteroatoms. The van der Waals surface area contributed by atoms with Crippen molar-refractivity contribution in [1.29, 1.82) is 0 Å². The van der Waals surface area contributed by atoms with E-state index in [1.165, 1.54) is 0 Å². The molecule has 0 aromatic heterocycles. The maximum absolute atomic E-state index is 12.5. The molecule has 1 unspecified atom stereocenters. The maximum atomic E-state index is 12.5. The van der Waals surface area contributed by atoms with Gasteiger partial charge in [0.25, 0.3) is 0 Å². The summed E-state index contributed by atoms with van der Waals surface area (Å²) in [6, 6.07) is 21.7. The van der Waals surface area contributed by atoms with E-state index in [-0.39, 0.29) is 36.2 Å². The molecular weight excluding hydrogens is 414 g/mol. The summed E-state index contributed by atoms with van der Waals surface area (Å²) in [5, 5.41) is 4.53. The number of nitrogens with zero attached hydrogens (tertiary/aromatic N) is 1. The molecule has 1 aliphatic rings. The van der Waals surface area contributed by atoms with Gasteiger partial charge in [0, 0.05) is 31.7 Å². The van der Waals surface area contributed by atoms with Crippen LogP contribution in [-0.4, -0.2) is 39.9 Å². The maximum Gasteiger partial charge on any atom is 0.240 e. The van der Waals surface area contributed by atoms with Crippen molar-refractivity contribution >= 4 is 38.3 Å². The second-order valence-corrected chi connectivity index (χ2v) is 9.21. The van der Waals surface area contributed by atoms with E-state index in [0.29, 0.717) is 6.54 Å². The van der Waals surface area contributed by atoms with Gasteiger partial charge in [0.15, 0.2) is 0 Å². The molecule has 1 aliphatic heterocycles. The van der Waals surface area contributed by atoms with Gasteiger partial charge in [-0.15, -0.1) is 0 Å². The minimum Gasteiger partial charge on any atom is -0.354 e. The zero-order valence-corrected chi connectivity index (χ0v) is 17.6. The summed E-state index contributed by atoms with van der Waals surface area (Å²) < 4.78 is 27.6. The van der Waals surface area contributed by atoms with Gasteiger partial charge in [-0.1, -0.05) is 48.5 Å². The molecule has 7 nitrogen and oxygen atoms in total. The quantitative estimate of drug-likeness (QED) is 0.555. The predicted molar refractivity (Wildman–Crippen MR) is 119 cm³/mol. The fourth-order valence-corrected chi connectivity index (χ4v) is 4.74. The number of hydrogen-bond donors (Lipinski definition) is 2. The molecule has 0 radical (unpaired) electrons. The Kier molecular flexibility index (Phi) is 6.01. The van der Waals surface area contributed by atoms with Crippen molar-refractivity contribution in [2.45, 2.75) is 11.3 Å². The highest BCUT2D eigenvalue weighted by atomic mass is 32.2. The molecule has 0 bridgehead atoms. The smallest absolute Gasteiger partial charge is 0.240 e. The first-order valence-corrected chi connectivity index (χ1v) is 11.5. The summed E-state index contributed by atoms with van der Waals surface area (Å²) in [6.07, 6.45) is 0.142. The fraction of sp³-hybridized carbons (Fsp3) is 0.217. The molecule has 4 rings (SSSR count). The molecule has 1 saturated heterocycles. The molecule has 0 aliphatic carbocycles. The Labute approximate surface area is 181 Å². The number of nitrogens with one attached hydrogen (secondary N) is 2. The topological polar surface area (TPSA) is 95.6 Å². The minimum atomic E-state index is -3.69. The molecule has 1 fully saturated rings. The first-order chi connectivity index (χ1) is 14.9. The molecule has 3 aromatic rings. The van der Waals surface area contributed by atoms with Crippen molar-refractivity contribution < 1.29 is 18.0 Å². The van der Waals surface area contributed by atoms with Crippen molar-refractivity contribution in [3.63, 3.8) is 0 Å². The van der Waals surface area contributed by atoms with Crippen LogP contribution in [0.2, 0.25) is 0 Å². The summed E-state index contributed by atoms with van der Waals surface area (Å²) >= 11 is 0. The largest absolute Gasteiger partial charge is 0.354 e. The number of fused-ring (bicyclic) bond motifs is 1. The van der Waals surface area contributed by atoms with Crippen LogP contribution in [0, 0.1) is 5.92 Å². The Morgan fingerprint density at radius 3 is 2.42 bits per heavy atom. The van der Waals surface area contributed by atoms with E-state index < -0.39 is 15.9 Å². The van der Waals surface area contributed by atoms with Gasteiger partial charge in [0.2, 0.25) is 21.8 Å². The van der Waals surface area contributed by atoms with Crippen LogP contribution in [0.4, 0.5) is 5.69 Å². The third-order valence-corrected chi connectivity index (χ3v) is 6.77. The Morgan fingerprint density at radius 2 is 1.65 bits per heavy atom. The normalized spacial score (nSPS) is 16.6. The van der Waals surface area contributed by atoms with Crippen LogP contribution in [0.25, 0.3) is 10.8 Å². The summed E-state index contributed by atoms with van der Waals surface area (Å²) in [5.74, 6) is -0.801. The number of hydrogen-bond acceptors (Lipinski definition) is 4. The lowest BCUT2D eigenvalue weighted by atomic mass is 10.1. The van der Waals surface area contributed by atoms with Gasteiger partial charge in [0.05, 0.1) is 10.8 Å². The lowest BCUT2D eigenvalue weighted by Gasteiger charge is -2.16. The van der Waals surface area contributed by atoms with Crippen LogP contribution in [0.3, 0.4) is 0 Å². The number of carbonyl (C=O) groups excluding carboxylic acids is 2. The fourth-order valence-electron chi connectivity index (χ4n) is 3.67. The van der Waals surface area contributed by atoms with Crippen molar-refractivity contribution in [1.82, 2.24) is 10.0 Å². The van der Waals surface area contributed by atoms with Crippen LogP contribution in [0.1, 0.15) is 6.42 Å². The Hall–Kier alpha value is -3.23. The van der Waals surface area contributed by atoms with Crippen molar-refractivity contribution in [2.75, 3.05) is 24.5 Å². The summed E-state index contributed by atoms with van der Waals surface area (Å²) in [4.78, 5) is 26.5. The SMILES string of the molecule is O=C(NCCNS(=O)(=O)c1ccc2ccccc2c1)C1CC(=O)N(c2ccccc2)C1. The van der Waals surface area contributed by atoms with Gasteiger partial charge in [-0.2, -0.15) is 0 Å². The van der Waals surface area contributed by atoms with E-state index in [2.05, 4.69) is 10.0 Å². The zero-order chi connectivity index (χ0) is 21.8. The third kappa shape index (κ3) is 4.76. The van der Waals surface area contributed by atoms with Gasteiger partial charge in [-0.25, -0.2) is 13.1 Å². The monoisotopic (exact) mass is 437 g/mol. The molecular formula is C23H23N3O4S. The standard InChI is InChI=1S/C23H23N3O4S/c27-22-15-19(16-26(22)20-8-2-1-3-9-20)23(28)24-12-13-25-31(29,30)21-11-10-17-6-4-5-7-18(17)14-21/h1-11,14,19,25H,12-13,15-16H2,(H,24,28). The van der Waals surface area contributed by atoms with Gasteiger partial charge >= 0.3 is 0 Å². The van der Waals surface area contributed by atoms with E-state index in [4.69, 9.17) is 0 Å². The Balaban J connectivity index is 1.29. The van der Waals surface area contributed by atoms with Crippen molar-refractivity contribution in [2.24, 2.45) is 5.92 Å². The Morgan fingerprint density at radius 1 is 0.935 bits per heavy atom. The van der Waals surface area contributed by atoms with E-state index in [9.17, 15) is 18.0 Å². The van der Waals surface area contributed by atoms with Crippen LogP contribution in [0.15, 0.2) is 77.7 Å². The second kappa shape index (κ2) is 8.87. The van der Waals surface area contributed by atoms with Crippen LogP contribution in [-0.2, 0) is 19.6 Å². The first kappa shape index (κ1) is 21.0. The van der Waals surface area contributed by atoms with E-state index in [1.807, 2.05) is 54.6 Å². The van der Waals surface area contributed by atoms with Gasteiger partial charge in [-0.3, -0.25) is 9.59 Å². The minimum absolute atomic E-state index is 0.0595. The van der Waals surface area contributed by atoms with Crippen LogP contribution >= 0.6 is 0 Å². The van der Waals surface area contributed by atoms with Crippen LogP contribution in [0.5, 0.6) is 0 Å². The molecule has 2 N–H and O–H groups in total. The number of benzene rings is 3. The molecule has 0 saturated carbocycles. The lowest BCUT2D eigenvalue weighted by molar-refractivity contribution is -0.126. The molecule has 2 amide bonds. The molecule has 160 valence electrons. The molecule has 0 spiro atoms. The average molecular weight is 438 g/mol. The highest BCUT2D eigenvalue weighted by molar-refractivity contribution is 7.89. The number of rotatable bonds is 7. The molecule has 1 atom stereocenters. The highest BCUT2D eigenvalue weighted by Crippen LogP contribution is 2.24. The van der Waals surface area contributed by atoms with Crippen LogP contribution < -0.4 is 14.9 Å². The number of para-hydroxylation sites is 1. The van der Waals surface area contributed by atoms with Crippen molar-refractivity contribution in [3.8, 4) is 0 Å². The van der Waals surface area contributed by atoms with E-state index in [0.717, 1.165) is 16.5 Å².